The molecule has 0 spiro atoms. The first kappa shape index (κ1) is 28.6. The van der Waals surface area contributed by atoms with Crippen LogP contribution in [0.25, 0.3) is 0 Å². The minimum Gasteiger partial charge on any atom is -0.461 e. The van der Waals surface area contributed by atoms with Crippen molar-refractivity contribution in [1.29, 1.82) is 0 Å². The molecule has 0 saturated heterocycles. The molecule has 0 aliphatic heterocycles. The predicted octanol–water partition coefficient (Wildman–Crippen LogP) is 0.968. The van der Waals surface area contributed by atoms with E-state index in [9.17, 15) is 24.0 Å². The molecule has 0 saturated carbocycles. The third-order valence-electron chi connectivity index (χ3n) is 4.15. The summed E-state index contributed by atoms with van der Waals surface area (Å²) in [5.41, 5.74) is 0. The lowest BCUT2D eigenvalue weighted by Gasteiger charge is -2.22. The van der Waals surface area contributed by atoms with E-state index in [1.165, 1.54) is 24.8 Å². The van der Waals surface area contributed by atoms with Gasteiger partial charge in [0.05, 0.1) is 12.5 Å². The topological polar surface area (TPSA) is 131 Å². The van der Waals surface area contributed by atoms with Gasteiger partial charge in [-0.25, -0.2) is 0 Å². The monoisotopic (exact) mass is 457 g/mol. The van der Waals surface area contributed by atoms with Gasteiger partial charge in [-0.05, 0) is 37.7 Å². The van der Waals surface area contributed by atoms with Gasteiger partial charge in [0.2, 0.25) is 17.7 Å². The Hall–Kier alpha value is -2.36. The van der Waals surface area contributed by atoms with Crippen LogP contribution in [-0.2, 0) is 28.7 Å². The molecular weight excluding hydrogens is 422 g/mol. The quantitative estimate of drug-likeness (QED) is 0.179. The van der Waals surface area contributed by atoms with E-state index in [1.54, 1.807) is 0 Å². The summed E-state index contributed by atoms with van der Waals surface area (Å²) < 4.78 is 4.81. The lowest BCUT2D eigenvalue weighted by atomic mass is 10.0. The van der Waals surface area contributed by atoms with E-state index in [2.05, 4.69) is 22.5 Å². The van der Waals surface area contributed by atoms with Crippen molar-refractivity contribution in [2.24, 2.45) is 5.92 Å². The Morgan fingerprint density at radius 2 is 1.71 bits per heavy atom. The van der Waals surface area contributed by atoms with Crippen molar-refractivity contribution in [3.8, 4) is 0 Å². The fourth-order valence-corrected chi connectivity index (χ4v) is 3.03. The summed E-state index contributed by atoms with van der Waals surface area (Å²) in [6, 6.07) is -2.36. The molecule has 31 heavy (non-hydrogen) atoms. The summed E-state index contributed by atoms with van der Waals surface area (Å²) in [5.74, 6) is -1.15. The van der Waals surface area contributed by atoms with Crippen LogP contribution in [0.15, 0.2) is 12.7 Å². The van der Waals surface area contributed by atoms with E-state index in [1.807, 2.05) is 20.1 Å². The van der Waals surface area contributed by atoms with E-state index in [0.29, 0.717) is 24.9 Å². The second-order valence-electron chi connectivity index (χ2n) is 7.48. The van der Waals surface area contributed by atoms with Crippen LogP contribution < -0.4 is 16.0 Å². The number of thioether (sulfide) groups is 1. The van der Waals surface area contributed by atoms with Crippen LogP contribution in [0.4, 0.5) is 0 Å². The van der Waals surface area contributed by atoms with E-state index < -0.39 is 41.8 Å². The van der Waals surface area contributed by atoms with E-state index >= 15 is 0 Å². The van der Waals surface area contributed by atoms with Gasteiger partial charge in [0, 0.05) is 6.42 Å². The van der Waals surface area contributed by atoms with Gasteiger partial charge in [-0.15, -0.1) is 0 Å². The molecule has 3 unspecified atom stereocenters. The number of amides is 3. The lowest BCUT2D eigenvalue weighted by molar-refractivity contribution is -0.144. The molecule has 176 valence electrons. The molecule has 3 atom stereocenters. The van der Waals surface area contributed by atoms with Gasteiger partial charge in [0.25, 0.3) is 0 Å². The second-order valence-corrected chi connectivity index (χ2v) is 8.47. The van der Waals surface area contributed by atoms with Crippen LogP contribution in [0.1, 0.15) is 46.5 Å². The Balaban J connectivity index is 4.79. The first-order valence-electron chi connectivity index (χ1n) is 10.2. The molecule has 0 radical (unpaired) electrons. The molecule has 10 heteroatoms. The number of ether oxygens (including phenoxy) is 1. The average molecular weight is 458 g/mol. The number of carbonyl (C=O) groups excluding carboxylic acids is 5. The standard InChI is InChI=1S/C21H35N3O6S/c1-6-10-30-19(27)8-7-18(26)24-17(9-11-31-5)21(29)22-15(4)20(28)23-16(13-25)12-14(2)3/h6,13-17H,1,7-12H2,2-5H3,(H,22,29)(H,23,28)(H,24,26). The molecule has 0 rings (SSSR count). The number of hydrogen-bond donors (Lipinski definition) is 3. The van der Waals surface area contributed by atoms with Gasteiger partial charge in [-0.3, -0.25) is 19.2 Å². The molecule has 9 nitrogen and oxygen atoms in total. The van der Waals surface area contributed by atoms with E-state index in [4.69, 9.17) is 4.74 Å². The number of esters is 1. The van der Waals surface area contributed by atoms with Gasteiger partial charge < -0.3 is 25.5 Å². The molecule has 0 aromatic heterocycles. The molecule has 0 aliphatic rings. The summed E-state index contributed by atoms with van der Waals surface area (Å²) in [5, 5.41) is 7.79. The highest BCUT2D eigenvalue weighted by molar-refractivity contribution is 7.98. The molecule has 0 aliphatic carbocycles. The van der Waals surface area contributed by atoms with Crippen LogP contribution >= 0.6 is 11.8 Å². The first-order valence-corrected chi connectivity index (χ1v) is 11.6. The largest absolute Gasteiger partial charge is 0.461 e. The maximum Gasteiger partial charge on any atom is 0.306 e. The Kier molecular flexibility index (Phi) is 15.1. The highest BCUT2D eigenvalue weighted by Crippen LogP contribution is 2.05. The zero-order chi connectivity index (χ0) is 23.8. The average Bonchev–Trinajstić information content (AvgIpc) is 2.72. The summed E-state index contributed by atoms with van der Waals surface area (Å²) in [7, 11) is 0. The number of aldehydes is 1. The van der Waals surface area contributed by atoms with Gasteiger partial charge in [-0.2, -0.15) is 11.8 Å². The SMILES string of the molecule is C=CCOC(=O)CCC(=O)NC(CCSC)C(=O)NC(C)C(=O)NC(C=O)CC(C)C. The summed E-state index contributed by atoms with van der Waals surface area (Å²) in [4.78, 5) is 59.7. The molecule has 0 heterocycles. The highest BCUT2D eigenvalue weighted by atomic mass is 32.2. The maximum absolute atomic E-state index is 12.6. The maximum atomic E-state index is 12.6. The van der Waals surface area contributed by atoms with Crippen LogP contribution in [0, 0.1) is 5.92 Å². The number of rotatable bonds is 16. The van der Waals surface area contributed by atoms with Gasteiger partial charge >= 0.3 is 5.97 Å². The van der Waals surface area contributed by atoms with Gasteiger partial charge in [-0.1, -0.05) is 26.5 Å². The molecular formula is C21H35N3O6S. The van der Waals surface area contributed by atoms with Crippen molar-refractivity contribution < 1.29 is 28.7 Å². The van der Waals surface area contributed by atoms with E-state index in [-0.39, 0.29) is 25.4 Å². The Bertz CT molecular complexity index is 626. The predicted molar refractivity (Wildman–Crippen MR) is 120 cm³/mol. The second kappa shape index (κ2) is 16.3. The number of hydrogen-bond acceptors (Lipinski definition) is 7. The number of carbonyl (C=O) groups is 5. The third kappa shape index (κ3) is 13.5. The summed E-state index contributed by atoms with van der Waals surface area (Å²) in [6.07, 6.45) is 4.60. The van der Waals surface area contributed by atoms with Crippen molar-refractivity contribution in [2.45, 2.75) is 64.6 Å². The summed E-state index contributed by atoms with van der Waals surface area (Å²) >= 11 is 1.51. The third-order valence-corrected chi connectivity index (χ3v) is 4.79. The minimum absolute atomic E-state index is 0.0707. The minimum atomic E-state index is -0.885. The lowest BCUT2D eigenvalue weighted by Crippen LogP contribution is -2.54. The molecule has 0 aromatic carbocycles. The first-order chi connectivity index (χ1) is 14.6. The van der Waals surface area contributed by atoms with Crippen molar-refractivity contribution in [3.05, 3.63) is 12.7 Å². The van der Waals surface area contributed by atoms with Gasteiger partial charge in [0.1, 0.15) is 25.0 Å². The molecule has 3 N–H and O–H groups in total. The summed E-state index contributed by atoms with van der Waals surface area (Å²) in [6.45, 7) is 8.89. The van der Waals surface area contributed by atoms with Crippen LogP contribution in [0.3, 0.4) is 0 Å². The Morgan fingerprint density at radius 3 is 2.26 bits per heavy atom. The number of nitrogens with one attached hydrogen (secondary N) is 3. The van der Waals surface area contributed by atoms with Crippen molar-refractivity contribution in [2.75, 3.05) is 18.6 Å². The zero-order valence-corrected chi connectivity index (χ0v) is 19.6. The van der Waals surface area contributed by atoms with Crippen LogP contribution in [-0.4, -0.2) is 66.7 Å². The van der Waals surface area contributed by atoms with Crippen molar-refractivity contribution in [3.63, 3.8) is 0 Å². The van der Waals surface area contributed by atoms with Crippen molar-refractivity contribution >= 4 is 41.7 Å². The highest BCUT2D eigenvalue weighted by Gasteiger charge is 2.25. The zero-order valence-electron chi connectivity index (χ0n) is 18.8. The molecule has 0 fully saturated rings. The van der Waals surface area contributed by atoms with Crippen molar-refractivity contribution in [1.82, 2.24) is 16.0 Å². The van der Waals surface area contributed by atoms with Crippen LogP contribution in [0.2, 0.25) is 0 Å². The van der Waals surface area contributed by atoms with Crippen LogP contribution in [0.5, 0.6) is 0 Å². The smallest absolute Gasteiger partial charge is 0.306 e. The molecule has 0 bridgehead atoms. The fraction of sp³-hybridized carbons (Fsp3) is 0.667. The Labute approximate surface area is 188 Å². The molecule has 3 amide bonds. The fourth-order valence-electron chi connectivity index (χ4n) is 2.55. The van der Waals surface area contributed by atoms with E-state index in [0.717, 1.165) is 0 Å². The Morgan fingerprint density at radius 1 is 1.03 bits per heavy atom. The van der Waals surface area contributed by atoms with Gasteiger partial charge in [0.15, 0.2) is 0 Å². The molecule has 0 aromatic rings. The normalized spacial score (nSPS) is 13.5.